The maximum Gasteiger partial charge on any atom is 0.159 e. The highest BCUT2D eigenvalue weighted by molar-refractivity contribution is 5.64. The normalized spacial score (nSPS) is 12.0. The molecule has 0 aliphatic carbocycles. The summed E-state index contributed by atoms with van der Waals surface area (Å²) in [4.78, 5) is 9.20. The highest BCUT2D eigenvalue weighted by Crippen LogP contribution is 2.24. The van der Waals surface area contributed by atoms with E-state index in [2.05, 4.69) is 48.1 Å². The molecule has 0 saturated carbocycles. The first-order valence-electron chi connectivity index (χ1n) is 16.5. The number of aryl methyl sites for hydroxylation is 1. The minimum absolute atomic E-state index is 0.110. The minimum Gasteiger partial charge on any atom is -0.491 e. The number of hydrogen-bond donors (Lipinski definition) is 0. The first kappa shape index (κ1) is 32.8. The molecule has 1 heterocycles. The van der Waals surface area contributed by atoms with Crippen molar-refractivity contribution in [3.8, 4) is 28.3 Å². The van der Waals surface area contributed by atoms with E-state index in [-0.39, 0.29) is 6.61 Å². The van der Waals surface area contributed by atoms with Gasteiger partial charge in [0.05, 0.1) is 0 Å². The van der Waals surface area contributed by atoms with Gasteiger partial charge in [0.1, 0.15) is 18.5 Å². The third kappa shape index (κ3) is 13.2. The Morgan fingerprint density at radius 2 is 1.10 bits per heavy atom. The molecule has 0 bridgehead atoms. The van der Waals surface area contributed by atoms with Crippen molar-refractivity contribution in [1.82, 2.24) is 9.97 Å². The van der Waals surface area contributed by atoms with Crippen LogP contribution >= 0.6 is 0 Å². The first-order chi connectivity index (χ1) is 20.2. The van der Waals surface area contributed by atoms with E-state index >= 15 is 0 Å². The molecule has 0 N–H and O–H groups in total. The molecule has 0 fully saturated rings. The van der Waals surface area contributed by atoms with Gasteiger partial charge in [-0.2, -0.15) is 0 Å². The topological polar surface area (TPSA) is 35.0 Å². The summed E-state index contributed by atoms with van der Waals surface area (Å²) in [7, 11) is 0. The van der Waals surface area contributed by atoms with E-state index in [0.717, 1.165) is 36.0 Å². The molecule has 0 spiro atoms. The number of benzene rings is 2. The lowest BCUT2D eigenvalue weighted by Gasteiger charge is -2.11. The van der Waals surface area contributed by atoms with Gasteiger partial charge in [-0.25, -0.2) is 14.4 Å². The molecular formula is C37H53FN2O. The van der Waals surface area contributed by atoms with E-state index < -0.39 is 6.17 Å². The van der Waals surface area contributed by atoms with Gasteiger partial charge in [-0.1, -0.05) is 128 Å². The Balaban J connectivity index is 1.36. The van der Waals surface area contributed by atoms with E-state index in [4.69, 9.17) is 4.74 Å². The Hall–Kier alpha value is -2.75. The van der Waals surface area contributed by atoms with Gasteiger partial charge in [-0.05, 0) is 54.7 Å². The van der Waals surface area contributed by atoms with Gasteiger partial charge in [-0.15, -0.1) is 0 Å². The van der Waals surface area contributed by atoms with Crippen molar-refractivity contribution in [2.24, 2.45) is 0 Å². The van der Waals surface area contributed by atoms with Crippen molar-refractivity contribution in [3.05, 3.63) is 66.5 Å². The molecule has 4 heteroatoms. The Kier molecular flexibility index (Phi) is 16.1. The third-order valence-corrected chi connectivity index (χ3v) is 7.92. The molecule has 3 rings (SSSR count). The lowest BCUT2D eigenvalue weighted by atomic mass is 10.0. The van der Waals surface area contributed by atoms with Crippen LogP contribution in [0.3, 0.4) is 0 Å². The Morgan fingerprint density at radius 1 is 0.585 bits per heavy atom. The largest absolute Gasteiger partial charge is 0.491 e. The Labute approximate surface area is 249 Å². The smallest absolute Gasteiger partial charge is 0.159 e. The molecule has 1 aromatic heterocycles. The molecule has 3 nitrogen and oxygen atoms in total. The molecule has 3 aromatic rings. The lowest BCUT2D eigenvalue weighted by molar-refractivity contribution is 0.184. The van der Waals surface area contributed by atoms with Crippen LogP contribution in [0.15, 0.2) is 60.9 Å². The number of aromatic nitrogens is 2. The number of unbranched alkanes of at least 4 members (excludes halogenated alkanes) is 13. The van der Waals surface area contributed by atoms with Gasteiger partial charge in [0.25, 0.3) is 0 Å². The van der Waals surface area contributed by atoms with Gasteiger partial charge in [0.15, 0.2) is 5.82 Å². The summed E-state index contributed by atoms with van der Waals surface area (Å²) in [6, 6.07) is 16.4. The van der Waals surface area contributed by atoms with E-state index in [9.17, 15) is 4.39 Å². The van der Waals surface area contributed by atoms with Crippen LogP contribution in [-0.2, 0) is 6.42 Å². The maximum absolute atomic E-state index is 14.3. The van der Waals surface area contributed by atoms with E-state index in [1.807, 2.05) is 36.7 Å². The van der Waals surface area contributed by atoms with Crippen LogP contribution in [0.25, 0.3) is 22.5 Å². The van der Waals surface area contributed by atoms with Gasteiger partial charge in [-0.3, -0.25) is 0 Å². The number of nitrogens with zero attached hydrogens (tertiary/aromatic N) is 2. The lowest BCUT2D eigenvalue weighted by Crippen LogP contribution is -2.12. The molecule has 0 aliphatic heterocycles. The summed E-state index contributed by atoms with van der Waals surface area (Å²) in [6.07, 6.45) is 23.8. The second-order valence-corrected chi connectivity index (χ2v) is 11.6. The quantitative estimate of drug-likeness (QED) is 0.115. The molecule has 224 valence electrons. The zero-order valence-corrected chi connectivity index (χ0v) is 25.8. The molecule has 0 aliphatic rings. The number of halogens is 1. The first-order valence-corrected chi connectivity index (χ1v) is 16.5. The Bertz CT molecular complexity index is 1050. The van der Waals surface area contributed by atoms with Gasteiger partial charge in [0.2, 0.25) is 0 Å². The fourth-order valence-corrected chi connectivity index (χ4v) is 5.25. The van der Waals surface area contributed by atoms with Crippen LogP contribution < -0.4 is 4.74 Å². The standard InChI is InChI=1S/C37H53FN2O/c1-3-5-7-9-11-13-15-17-19-35(38)30-41-36-26-24-33(25-27-36)37-39-28-34(29-40-37)32-22-20-31(21-23-32)18-16-14-12-10-8-6-4-2/h20-29,35H,3-19,30H2,1-2H3. The summed E-state index contributed by atoms with van der Waals surface area (Å²) in [6.45, 7) is 4.62. The van der Waals surface area contributed by atoms with Crippen LogP contribution in [-0.4, -0.2) is 22.7 Å². The van der Waals surface area contributed by atoms with Crippen LogP contribution in [0.4, 0.5) is 4.39 Å². The summed E-state index contributed by atoms with van der Waals surface area (Å²) in [5.74, 6) is 1.36. The van der Waals surface area contributed by atoms with Gasteiger partial charge < -0.3 is 4.74 Å². The second kappa shape index (κ2) is 20.2. The number of ether oxygens (including phenoxy) is 1. The molecule has 0 amide bonds. The molecule has 41 heavy (non-hydrogen) atoms. The van der Waals surface area contributed by atoms with Crippen molar-refractivity contribution < 1.29 is 9.13 Å². The van der Waals surface area contributed by atoms with Crippen LogP contribution in [0.5, 0.6) is 5.75 Å². The maximum atomic E-state index is 14.3. The van der Waals surface area contributed by atoms with Crippen LogP contribution in [0.2, 0.25) is 0 Å². The zero-order valence-electron chi connectivity index (χ0n) is 25.8. The highest BCUT2D eigenvalue weighted by Gasteiger charge is 2.09. The Morgan fingerprint density at radius 3 is 1.68 bits per heavy atom. The average Bonchev–Trinajstić information content (AvgIpc) is 3.01. The molecule has 1 unspecified atom stereocenters. The minimum atomic E-state index is -0.917. The predicted molar refractivity (Wildman–Crippen MR) is 172 cm³/mol. The SMILES string of the molecule is CCCCCCCCCCC(F)COc1ccc(-c2ncc(-c3ccc(CCCCCCCCC)cc3)cn2)cc1. The summed E-state index contributed by atoms with van der Waals surface area (Å²) >= 11 is 0. The molecule has 2 aromatic carbocycles. The number of alkyl halides is 1. The monoisotopic (exact) mass is 560 g/mol. The molecular weight excluding hydrogens is 507 g/mol. The molecule has 0 radical (unpaired) electrons. The zero-order chi connectivity index (χ0) is 29.0. The second-order valence-electron chi connectivity index (χ2n) is 11.6. The fraction of sp³-hybridized carbons (Fsp3) is 0.568. The number of hydrogen-bond acceptors (Lipinski definition) is 3. The van der Waals surface area contributed by atoms with Crippen molar-refractivity contribution in [1.29, 1.82) is 0 Å². The average molecular weight is 561 g/mol. The van der Waals surface area contributed by atoms with Gasteiger partial charge in [0, 0.05) is 23.5 Å². The van der Waals surface area contributed by atoms with E-state index in [1.54, 1.807) is 0 Å². The fourth-order valence-electron chi connectivity index (χ4n) is 5.25. The molecule has 0 saturated heterocycles. The van der Waals surface area contributed by atoms with E-state index in [1.165, 1.54) is 89.0 Å². The van der Waals surface area contributed by atoms with Crippen LogP contribution in [0.1, 0.15) is 122 Å². The number of rotatable bonds is 22. The van der Waals surface area contributed by atoms with Crippen molar-refractivity contribution in [2.75, 3.05) is 6.61 Å². The molecule has 1 atom stereocenters. The van der Waals surface area contributed by atoms with Crippen molar-refractivity contribution in [3.63, 3.8) is 0 Å². The third-order valence-electron chi connectivity index (χ3n) is 7.92. The van der Waals surface area contributed by atoms with Crippen molar-refractivity contribution in [2.45, 2.75) is 129 Å². The highest BCUT2D eigenvalue weighted by atomic mass is 19.1. The summed E-state index contributed by atoms with van der Waals surface area (Å²) in [5.41, 5.74) is 4.47. The predicted octanol–water partition coefficient (Wildman–Crippen LogP) is 11.4. The summed E-state index contributed by atoms with van der Waals surface area (Å²) < 4.78 is 20.0. The van der Waals surface area contributed by atoms with Gasteiger partial charge >= 0.3 is 0 Å². The van der Waals surface area contributed by atoms with Crippen LogP contribution in [0, 0.1) is 0 Å². The summed E-state index contributed by atoms with van der Waals surface area (Å²) in [5, 5.41) is 0. The van der Waals surface area contributed by atoms with Crippen molar-refractivity contribution >= 4 is 0 Å². The van der Waals surface area contributed by atoms with E-state index in [0.29, 0.717) is 18.0 Å².